The van der Waals surface area contributed by atoms with E-state index in [1.54, 1.807) is 0 Å². The van der Waals surface area contributed by atoms with Crippen molar-refractivity contribution in [1.82, 2.24) is 4.90 Å². The Bertz CT molecular complexity index is 432. The van der Waals surface area contributed by atoms with E-state index in [-0.39, 0.29) is 12.5 Å². The van der Waals surface area contributed by atoms with Gasteiger partial charge in [0, 0.05) is 18.0 Å². The molecule has 2 rings (SSSR count). The number of nitrogens with two attached hydrogens (primary N) is 1. The lowest BCUT2D eigenvalue weighted by atomic mass is 10.0. The largest absolute Gasteiger partial charge is 0.480 e. The SMILES string of the molecule is NC1(C(=O)O)CCN(C(=O)Cc2cccs2)C1. The Morgan fingerprint density at radius 1 is 1.59 bits per heavy atom. The second-order valence-corrected chi connectivity index (χ2v) is 5.31. The van der Waals surface area contributed by atoms with Gasteiger partial charge >= 0.3 is 5.97 Å². The zero-order valence-corrected chi connectivity index (χ0v) is 10.1. The van der Waals surface area contributed by atoms with Crippen LogP contribution in [0.4, 0.5) is 0 Å². The van der Waals surface area contributed by atoms with Crippen molar-refractivity contribution in [3.05, 3.63) is 22.4 Å². The fourth-order valence-electron chi connectivity index (χ4n) is 1.89. The molecule has 1 atom stereocenters. The molecule has 1 saturated heterocycles. The first kappa shape index (κ1) is 12.1. The number of hydrogen-bond donors (Lipinski definition) is 2. The molecule has 0 aliphatic carbocycles. The molecule has 0 aromatic carbocycles. The van der Waals surface area contributed by atoms with Crippen LogP contribution < -0.4 is 5.73 Å². The van der Waals surface area contributed by atoms with Gasteiger partial charge in [-0.25, -0.2) is 0 Å². The number of carbonyl (C=O) groups is 2. The third-order valence-corrected chi connectivity index (χ3v) is 3.86. The number of carboxylic acid groups (broad SMARTS) is 1. The summed E-state index contributed by atoms with van der Waals surface area (Å²) >= 11 is 1.52. The van der Waals surface area contributed by atoms with E-state index in [0.29, 0.717) is 19.4 Å². The van der Waals surface area contributed by atoms with Crippen molar-refractivity contribution in [3.63, 3.8) is 0 Å². The quantitative estimate of drug-likeness (QED) is 0.813. The van der Waals surface area contributed by atoms with E-state index >= 15 is 0 Å². The van der Waals surface area contributed by atoms with Gasteiger partial charge < -0.3 is 15.7 Å². The topological polar surface area (TPSA) is 83.6 Å². The highest BCUT2D eigenvalue weighted by Crippen LogP contribution is 2.20. The van der Waals surface area contributed by atoms with Gasteiger partial charge in [-0.2, -0.15) is 0 Å². The molecule has 1 fully saturated rings. The second kappa shape index (κ2) is 4.46. The number of carboxylic acids is 1. The maximum Gasteiger partial charge on any atom is 0.325 e. The number of likely N-dealkylation sites (tertiary alicyclic amines) is 1. The number of thiophene rings is 1. The predicted molar refractivity (Wildman–Crippen MR) is 63.8 cm³/mol. The predicted octanol–water partition coefficient (Wildman–Crippen LogP) is 0.305. The van der Waals surface area contributed by atoms with Gasteiger partial charge in [-0.1, -0.05) is 6.07 Å². The second-order valence-electron chi connectivity index (χ2n) is 4.28. The average Bonchev–Trinajstić information content (AvgIpc) is 2.88. The monoisotopic (exact) mass is 254 g/mol. The number of rotatable bonds is 3. The van der Waals surface area contributed by atoms with Crippen molar-refractivity contribution in [3.8, 4) is 0 Å². The minimum Gasteiger partial charge on any atom is -0.480 e. The summed E-state index contributed by atoms with van der Waals surface area (Å²) in [5, 5.41) is 10.9. The molecule has 92 valence electrons. The maximum atomic E-state index is 11.9. The fourth-order valence-corrected chi connectivity index (χ4v) is 2.59. The van der Waals surface area contributed by atoms with Gasteiger partial charge in [0.15, 0.2) is 0 Å². The fraction of sp³-hybridized carbons (Fsp3) is 0.455. The Labute approximate surface area is 103 Å². The third kappa shape index (κ3) is 2.48. The van der Waals surface area contributed by atoms with Crippen LogP contribution >= 0.6 is 11.3 Å². The molecule has 0 spiro atoms. The first-order valence-corrected chi connectivity index (χ1v) is 6.22. The van der Waals surface area contributed by atoms with Crippen LogP contribution in [0, 0.1) is 0 Å². The first-order valence-electron chi connectivity index (χ1n) is 5.34. The Balaban J connectivity index is 1.97. The van der Waals surface area contributed by atoms with E-state index in [1.807, 2.05) is 17.5 Å². The normalized spacial score (nSPS) is 23.9. The van der Waals surface area contributed by atoms with Gasteiger partial charge in [-0.05, 0) is 17.9 Å². The lowest BCUT2D eigenvalue weighted by Crippen LogP contribution is -2.50. The summed E-state index contributed by atoms with van der Waals surface area (Å²) in [4.78, 5) is 25.4. The highest BCUT2D eigenvalue weighted by atomic mass is 32.1. The number of hydrogen-bond acceptors (Lipinski definition) is 4. The summed E-state index contributed by atoms with van der Waals surface area (Å²) in [6.07, 6.45) is 0.645. The van der Waals surface area contributed by atoms with Crippen LogP contribution in [0.2, 0.25) is 0 Å². The summed E-state index contributed by atoms with van der Waals surface area (Å²) in [5.74, 6) is -1.09. The smallest absolute Gasteiger partial charge is 0.325 e. The Morgan fingerprint density at radius 3 is 2.88 bits per heavy atom. The van der Waals surface area contributed by atoms with E-state index in [0.717, 1.165) is 4.88 Å². The van der Waals surface area contributed by atoms with Crippen LogP contribution in [0.3, 0.4) is 0 Å². The van der Waals surface area contributed by atoms with Crippen molar-refractivity contribution in [2.75, 3.05) is 13.1 Å². The van der Waals surface area contributed by atoms with E-state index in [1.165, 1.54) is 16.2 Å². The van der Waals surface area contributed by atoms with Gasteiger partial charge in [-0.15, -0.1) is 11.3 Å². The molecule has 5 nitrogen and oxygen atoms in total. The van der Waals surface area contributed by atoms with Crippen LogP contribution in [0.1, 0.15) is 11.3 Å². The van der Waals surface area contributed by atoms with Crippen LogP contribution in [-0.2, 0) is 16.0 Å². The van der Waals surface area contributed by atoms with Crippen LogP contribution in [0.25, 0.3) is 0 Å². The molecular weight excluding hydrogens is 240 g/mol. The number of nitrogens with zero attached hydrogens (tertiary/aromatic N) is 1. The molecular formula is C11H14N2O3S. The molecule has 1 aromatic rings. The number of carbonyl (C=O) groups excluding carboxylic acids is 1. The van der Waals surface area contributed by atoms with Gasteiger partial charge in [0.25, 0.3) is 0 Å². The molecule has 1 aromatic heterocycles. The summed E-state index contributed by atoms with van der Waals surface area (Å²) in [7, 11) is 0. The molecule has 1 amide bonds. The number of amides is 1. The van der Waals surface area contributed by atoms with Gasteiger partial charge in [0.05, 0.1) is 6.42 Å². The molecule has 1 aliphatic rings. The molecule has 2 heterocycles. The van der Waals surface area contributed by atoms with Crippen molar-refractivity contribution in [2.45, 2.75) is 18.4 Å². The van der Waals surface area contributed by atoms with Crippen LogP contribution in [-0.4, -0.2) is 40.5 Å². The highest BCUT2D eigenvalue weighted by molar-refractivity contribution is 7.10. The highest BCUT2D eigenvalue weighted by Gasteiger charge is 2.42. The minimum absolute atomic E-state index is 0.0546. The molecule has 0 radical (unpaired) electrons. The van der Waals surface area contributed by atoms with Gasteiger partial charge in [-0.3, -0.25) is 9.59 Å². The van der Waals surface area contributed by atoms with E-state index < -0.39 is 11.5 Å². The molecule has 1 aliphatic heterocycles. The van der Waals surface area contributed by atoms with Gasteiger partial charge in [0.1, 0.15) is 5.54 Å². The van der Waals surface area contributed by atoms with E-state index in [9.17, 15) is 9.59 Å². The number of aliphatic carboxylic acids is 1. The zero-order valence-electron chi connectivity index (χ0n) is 9.26. The first-order chi connectivity index (χ1) is 8.01. The Kier molecular flexibility index (Phi) is 3.17. The summed E-state index contributed by atoms with van der Waals surface area (Å²) in [6.45, 7) is 0.527. The summed E-state index contributed by atoms with van der Waals surface area (Å²) < 4.78 is 0. The Hall–Kier alpha value is -1.40. The summed E-state index contributed by atoms with van der Waals surface area (Å²) in [6, 6.07) is 3.78. The van der Waals surface area contributed by atoms with Crippen molar-refractivity contribution in [1.29, 1.82) is 0 Å². The molecule has 6 heteroatoms. The molecule has 3 N–H and O–H groups in total. The molecule has 0 bridgehead atoms. The standard InChI is InChI=1S/C11H14N2O3S/c12-11(10(15)16)3-4-13(7-11)9(14)6-8-2-1-5-17-8/h1-2,5H,3-4,6-7,12H2,(H,15,16). The van der Waals surface area contributed by atoms with Crippen LogP contribution in [0.15, 0.2) is 17.5 Å². The lowest BCUT2D eigenvalue weighted by Gasteiger charge is -2.19. The third-order valence-electron chi connectivity index (χ3n) is 2.99. The van der Waals surface area contributed by atoms with E-state index in [4.69, 9.17) is 10.8 Å². The summed E-state index contributed by atoms with van der Waals surface area (Å²) in [5.41, 5.74) is 4.44. The van der Waals surface area contributed by atoms with Crippen molar-refractivity contribution >= 4 is 23.2 Å². The van der Waals surface area contributed by atoms with Crippen molar-refractivity contribution in [2.24, 2.45) is 5.73 Å². The molecule has 0 saturated carbocycles. The van der Waals surface area contributed by atoms with Crippen molar-refractivity contribution < 1.29 is 14.7 Å². The Morgan fingerprint density at radius 2 is 2.35 bits per heavy atom. The average molecular weight is 254 g/mol. The molecule has 1 unspecified atom stereocenters. The maximum absolute atomic E-state index is 11.9. The van der Waals surface area contributed by atoms with Crippen LogP contribution in [0.5, 0.6) is 0 Å². The lowest BCUT2D eigenvalue weighted by molar-refractivity contribution is -0.143. The zero-order chi connectivity index (χ0) is 12.5. The van der Waals surface area contributed by atoms with E-state index in [2.05, 4.69) is 0 Å². The molecule has 17 heavy (non-hydrogen) atoms. The van der Waals surface area contributed by atoms with Gasteiger partial charge in [0.2, 0.25) is 5.91 Å². The minimum atomic E-state index is -1.27.